The molecular formula is C24H24FN5O4. The zero-order valence-corrected chi connectivity index (χ0v) is 18.7. The number of amides is 1. The molecule has 4 aromatic rings. The third-order valence-corrected chi connectivity index (χ3v) is 5.91. The fourth-order valence-corrected chi connectivity index (χ4v) is 3.75. The van der Waals surface area contributed by atoms with Crippen molar-refractivity contribution in [3.8, 4) is 11.4 Å². The van der Waals surface area contributed by atoms with Gasteiger partial charge in [0.2, 0.25) is 11.7 Å². The summed E-state index contributed by atoms with van der Waals surface area (Å²) in [5.74, 6) is 0.0159. The molecule has 0 bridgehead atoms. The average molecular weight is 465 g/mol. The van der Waals surface area contributed by atoms with Crippen molar-refractivity contribution in [3.63, 3.8) is 0 Å². The highest BCUT2D eigenvalue weighted by Crippen LogP contribution is 2.43. The standard InChI is InChI=1S/C24H24FN5O4/c1-13-3-4-16(22-28-24(34-29-22)17-11-18(17)25)9-19(13)27-23(32)20-12-26-21-10-15(5-6-30(20)21)14(2)33-8-7-31/h3-6,9-10,12,14,17-18,31H,7-8,11H2,1-2H3,(H,27,32)/t14-,17+,18+/m1/s1. The maximum Gasteiger partial charge on any atom is 0.274 e. The number of aromatic nitrogens is 4. The van der Waals surface area contributed by atoms with E-state index in [0.29, 0.717) is 40.7 Å². The van der Waals surface area contributed by atoms with Crippen LogP contribution in [-0.4, -0.2) is 49.9 Å². The van der Waals surface area contributed by atoms with Gasteiger partial charge in [-0.3, -0.25) is 9.20 Å². The van der Waals surface area contributed by atoms with Crippen LogP contribution in [0.4, 0.5) is 10.1 Å². The lowest BCUT2D eigenvalue weighted by molar-refractivity contribution is 0.0385. The highest BCUT2D eigenvalue weighted by Gasteiger charge is 2.43. The number of anilines is 1. The van der Waals surface area contributed by atoms with Gasteiger partial charge in [-0.15, -0.1) is 0 Å². The van der Waals surface area contributed by atoms with Crippen molar-refractivity contribution < 1.29 is 23.6 Å². The number of aliphatic hydroxyl groups is 1. The second kappa shape index (κ2) is 8.96. The largest absolute Gasteiger partial charge is 0.394 e. The van der Waals surface area contributed by atoms with Gasteiger partial charge in [0.05, 0.1) is 31.4 Å². The molecule has 3 heterocycles. The number of nitrogens with zero attached hydrogens (tertiary/aromatic N) is 4. The number of halogens is 1. The topological polar surface area (TPSA) is 115 Å². The summed E-state index contributed by atoms with van der Waals surface area (Å²) in [5.41, 5.74) is 4.00. The third kappa shape index (κ3) is 4.29. The number of alkyl halides is 1. The molecule has 34 heavy (non-hydrogen) atoms. The molecule has 176 valence electrons. The molecule has 3 atom stereocenters. The van der Waals surface area contributed by atoms with Gasteiger partial charge in [0.15, 0.2) is 0 Å². The number of rotatable bonds is 8. The summed E-state index contributed by atoms with van der Waals surface area (Å²) >= 11 is 0. The highest BCUT2D eigenvalue weighted by molar-refractivity contribution is 6.04. The van der Waals surface area contributed by atoms with Crippen molar-refractivity contribution in [1.29, 1.82) is 0 Å². The third-order valence-electron chi connectivity index (χ3n) is 5.91. The predicted molar refractivity (Wildman–Crippen MR) is 121 cm³/mol. The second-order valence-corrected chi connectivity index (χ2v) is 8.37. The van der Waals surface area contributed by atoms with E-state index in [4.69, 9.17) is 14.4 Å². The summed E-state index contributed by atoms with van der Waals surface area (Å²) in [6.07, 6.45) is 2.57. The van der Waals surface area contributed by atoms with Crippen LogP contribution >= 0.6 is 0 Å². The molecule has 10 heteroatoms. The highest BCUT2D eigenvalue weighted by atomic mass is 19.1. The number of pyridine rings is 1. The van der Waals surface area contributed by atoms with Crippen molar-refractivity contribution >= 4 is 17.2 Å². The first-order chi connectivity index (χ1) is 16.4. The van der Waals surface area contributed by atoms with Gasteiger partial charge in [-0.2, -0.15) is 4.98 Å². The molecule has 1 fully saturated rings. The van der Waals surface area contributed by atoms with Gasteiger partial charge in [0.25, 0.3) is 5.91 Å². The van der Waals surface area contributed by atoms with Gasteiger partial charge in [-0.05, 0) is 49.6 Å². The minimum Gasteiger partial charge on any atom is -0.394 e. The van der Waals surface area contributed by atoms with E-state index < -0.39 is 6.17 Å². The van der Waals surface area contributed by atoms with E-state index in [1.165, 1.54) is 6.20 Å². The molecule has 0 spiro atoms. The molecule has 1 amide bonds. The quantitative estimate of drug-likeness (QED) is 0.406. The van der Waals surface area contributed by atoms with E-state index in [0.717, 1.165) is 11.1 Å². The molecule has 0 radical (unpaired) electrons. The van der Waals surface area contributed by atoms with Gasteiger partial charge in [-0.25, -0.2) is 9.37 Å². The smallest absolute Gasteiger partial charge is 0.274 e. The Morgan fingerprint density at radius 1 is 1.38 bits per heavy atom. The number of hydrogen-bond donors (Lipinski definition) is 2. The van der Waals surface area contributed by atoms with Gasteiger partial charge >= 0.3 is 0 Å². The van der Waals surface area contributed by atoms with E-state index in [9.17, 15) is 9.18 Å². The van der Waals surface area contributed by atoms with Gasteiger partial charge in [0, 0.05) is 17.4 Å². The molecule has 2 N–H and O–H groups in total. The van der Waals surface area contributed by atoms with Crippen LogP contribution in [0.2, 0.25) is 0 Å². The molecule has 1 aliphatic rings. The summed E-state index contributed by atoms with van der Waals surface area (Å²) in [7, 11) is 0. The monoisotopic (exact) mass is 465 g/mol. The lowest BCUT2D eigenvalue weighted by Crippen LogP contribution is -2.15. The second-order valence-electron chi connectivity index (χ2n) is 8.37. The first kappa shape index (κ1) is 22.2. The van der Waals surface area contributed by atoms with E-state index in [2.05, 4.69) is 20.4 Å². The van der Waals surface area contributed by atoms with Gasteiger partial charge in [0.1, 0.15) is 17.5 Å². The van der Waals surface area contributed by atoms with Gasteiger partial charge in [-0.1, -0.05) is 17.3 Å². The molecule has 1 saturated carbocycles. The maximum atomic E-state index is 13.3. The number of ether oxygens (including phenoxy) is 1. The Morgan fingerprint density at radius 3 is 2.97 bits per heavy atom. The predicted octanol–water partition coefficient (Wildman–Crippen LogP) is 3.84. The number of aliphatic hydroxyl groups excluding tert-OH is 1. The Bertz CT molecular complexity index is 1350. The minimum atomic E-state index is -0.918. The normalized spacial score (nSPS) is 18.2. The Morgan fingerprint density at radius 2 is 2.21 bits per heavy atom. The van der Waals surface area contributed by atoms with Crippen LogP contribution in [0.3, 0.4) is 0 Å². The first-order valence-electron chi connectivity index (χ1n) is 11.0. The minimum absolute atomic E-state index is 0.0482. The van der Waals surface area contributed by atoms with E-state index in [1.807, 2.05) is 38.1 Å². The molecule has 5 rings (SSSR count). The van der Waals surface area contributed by atoms with E-state index >= 15 is 0 Å². The fourth-order valence-electron chi connectivity index (χ4n) is 3.75. The molecule has 9 nitrogen and oxygen atoms in total. The molecule has 0 saturated heterocycles. The Labute approximate surface area is 194 Å². The summed E-state index contributed by atoms with van der Waals surface area (Å²) in [6.45, 7) is 3.97. The van der Waals surface area contributed by atoms with E-state index in [-0.39, 0.29) is 31.1 Å². The lowest BCUT2D eigenvalue weighted by Gasteiger charge is -2.13. The molecule has 1 aromatic carbocycles. The molecule has 0 unspecified atom stereocenters. The number of fused-ring (bicyclic) bond motifs is 1. The van der Waals surface area contributed by atoms with Crippen LogP contribution in [0.25, 0.3) is 17.0 Å². The summed E-state index contributed by atoms with van der Waals surface area (Å²) in [5, 5.41) is 15.8. The zero-order chi connectivity index (χ0) is 23.8. The van der Waals surface area contributed by atoms with Gasteiger partial charge < -0.3 is 19.7 Å². The van der Waals surface area contributed by atoms with Crippen LogP contribution in [0, 0.1) is 6.92 Å². The average Bonchev–Trinajstić information content (AvgIpc) is 3.23. The van der Waals surface area contributed by atoms with Crippen LogP contribution in [0.15, 0.2) is 47.2 Å². The van der Waals surface area contributed by atoms with Crippen molar-refractivity contribution in [2.75, 3.05) is 18.5 Å². The number of aryl methyl sites for hydroxylation is 1. The zero-order valence-electron chi connectivity index (χ0n) is 18.7. The van der Waals surface area contributed by atoms with Crippen molar-refractivity contribution in [2.24, 2.45) is 0 Å². The molecule has 0 aliphatic heterocycles. The number of imidazole rings is 1. The Balaban J connectivity index is 1.35. The molecular weight excluding hydrogens is 441 g/mol. The van der Waals surface area contributed by atoms with Crippen LogP contribution in [-0.2, 0) is 4.74 Å². The summed E-state index contributed by atoms with van der Waals surface area (Å²) in [4.78, 5) is 21.7. The van der Waals surface area contributed by atoms with Crippen molar-refractivity contribution in [3.05, 3.63) is 65.4 Å². The first-order valence-corrected chi connectivity index (χ1v) is 11.0. The van der Waals surface area contributed by atoms with Crippen LogP contribution in [0.5, 0.6) is 0 Å². The van der Waals surface area contributed by atoms with Crippen molar-refractivity contribution in [1.82, 2.24) is 19.5 Å². The Hall–Kier alpha value is -3.63. The summed E-state index contributed by atoms with van der Waals surface area (Å²) in [6, 6.07) is 9.15. The number of nitrogens with one attached hydrogen (secondary N) is 1. The maximum absolute atomic E-state index is 13.3. The summed E-state index contributed by atoms with van der Waals surface area (Å²) < 4.78 is 25.7. The van der Waals surface area contributed by atoms with Crippen LogP contribution < -0.4 is 5.32 Å². The number of hydrogen-bond acceptors (Lipinski definition) is 7. The molecule has 3 aromatic heterocycles. The van der Waals surface area contributed by atoms with Crippen molar-refractivity contribution in [2.45, 2.75) is 38.5 Å². The number of carbonyl (C=O) groups excluding carboxylic acids is 1. The SMILES string of the molecule is Cc1ccc(-c2noc([C@H]3C[C@@H]3F)n2)cc1NC(=O)c1cnc2cc([C@@H](C)OCCO)ccn12. The number of carbonyl (C=O) groups is 1. The molecule has 1 aliphatic carbocycles. The fraction of sp³-hybridized carbons (Fsp3) is 0.333. The van der Waals surface area contributed by atoms with E-state index in [1.54, 1.807) is 16.7 Å². The number of benzene rings is 1. The Kier molecular flexibility index (Phi) is 5.84. The van der Waals surface area contributed by atoms with Crippen LogP contribution in [0.1, 0.15) is 52.9 Å². The lowest BCUT2D eigenvalue weighted by atomic mass is 10.1.